The maximum absolute atomic E-state index is 11.7. The van der Waals surface area contributed by atoms with Crippen LogP contribution in [0.2, 0.25) is 0 Å². The Morgan fingerprint density at radius 3 is 2.72 bits per heavy atom. The van der Waals surface area contributed by atoms with E-state index in [1.165, 1.54) is 7.11 Å². The van der Waals surface area contributed by atoms with E-state index in [1.54, 1.807) is 18.3 Å². The van der Waals surface area contributed by atoms with Crippen LogP contribution in [-0.4, -0.2) is 32.2 Å². The fourth-order valence-electron chi connectivity index (χ4n) is 1.25. The van der Waals surface area contributed by atoms with E-state index in [0.29, 0.717) is 0 Å². The number of methoxy groups -OCH3 is 1. The van der Waals surface area contributed by atoms with Crippen LogP contribution >= 0.6 is 0 Å². The third-order valence-corrected chi connectivity index (χ3v) is 3.54. The van der Waals surface area contributed by atoms with Crippen molar-refractivity contribution in [3.63, 3.8) is 0 Å². The molecule has 6 nitrogen and oxygen atoms in total. The molecule has 1 heterocycles. The highest BCUT2D eigenvalue weighted by Crippen LogP contribution is 2.07. The van der Waals surface area contributed by atoms with Gasteiger partial charge in [0, 0.05) is 12.6 Å². The molecule has 0 amide bonds. The molecule has 1 rings (SSSR count). The molecule has 0 saturated carbocycles. The zero-order valence-electron chi connectivity index (χ0n) is 10.3. The second kappa shape index (κ2) is 6.34. The molecule has 18 heavy (non-hydrogen) atoms. The first kappa shape index (κ1) is 14.4. The van der Waals surface area contributed by atoms with Crippen molar-refractivity contribution < 1.29 is 17.9 Å². The molecule has 0 aliphatic carbocycles. The van der Waals surface area contributed by atoms with Crippen LogP contribution < -0.4 is 4.72 Å². The summed E-state index contributed by atoms with van der Waals surface area (Å²) in [4.78, 5) is 14.8. The van der Waals surface area contributed by atoms with Crippen LogP contribution in [0, 0.1) is 6.92 Å². The summed E-state index contributed by atoms with van der Waals surface area (Å²) in [7, 11) is -2.20. The third-order valence-electron chi connectivity index (χ3n) is 2.19. The van der Waals surface area contributed by atoms with E-state index in [1.807, 2.05) is 6.92 Å². The van der Waals surface area contributed by atoms with Crippen molar-refractivity contribution >= 4 is 21.8 Å². The molecule has 0 atom stereocenters. The number of anilines is 1. The summed E-state index contributed by atoms with van der Waals surface area (Å²) in [6.07, 6.45) is 1.87. The summed E-state index contributed by atoms with van der Waals surface area (Å²) < 4.78 is 30.1. The largest absolute Gasteiger partial charge is 0.469 e. The summed E-state index contributed by atoms with van der Waals surface area (Å²) in [6.45, 7) is 1.86. The number of ether oxygens (including phenoxy) is 1. The van der Waals surface area contributed by atoms with Crippen molar-refractivity contribution in [3.8, 4) is 0 Å². The SMILES string of the molecule is COC(=O)CCCS(=O)(=O)Nc1ccc(C)cn1. The molecule has 0 radical (unpaired) electrons. The van der Waals surface area contributed by atoms with Gasteiger partial charge in [0.2, 0.25) is 10.0 Å². The molecule has 1 N–H and O–H groups in total. The number of aryl methyl sites for hydroxylation is 1. The van der Waals surface area contributed by atoms with Crippen LogP contribution in [0.1, 0.15) is 18.4 Å². The quantitative estimate of drug-likeness (QED) is 0.783. The van der Waals surface area contributed by atoms with E-state index in [-0.39, 0.29) is 24.4 Å². The maximum Gasteiger partial charge on any atom is 0.305 e. The van der Waals surface area contributed by atoms with Gasteiger partial charge in [0.25, 0.3) is 0 Å². The molecule has 1 aromatic heterocycles. The number of nitrogens with zero attached hydrogens (tertiary/aromatic N) is 1. The first-order valence-corrected chi connectivity index (χ1v) is 7.08. The lowest BCUT2D eigenvalue weighted by Crippen LogP contribution is -2.18. The highest BCUT2D eigenvalue weighted by Gasteiger charge is 2.12. The number of sulfonamides is 1. The molecule has 0 bridgehead atoms. The normalized spacial score (nSPS) is 11.0. The Bertz CT molecular complexity index is 496. The number of aromatic nitrogens is 1. The van der Waals surface area contributed by atoms with Gasteiger partial charge >= 0.3 is 5.97 Å². The molecule has 1 aromatic rings. The lowest BCUT2D eigenvalue weighted by Gasteiger charge is -2.06. The van der Waals surface area contributed by atoms with Crippen LogP contribution in [0.3, 0.4) is 0 Å². The molecule has 0 unspecified atom stereocenters. The van der Waals surface area contributed by atoms with Gasteiger partial charge in [-0.05, 0) is 25.0 Å². The predicted octanol–water partition coefficient (Wildman–Crippen LogP) is 1.08. The first-order valence-electron chi connectivity index (χ1n) is 5.43. The Morgan fingerprint density at radius 2 is 2.17 bits per heavy atom. The Morgan fingerprint density at radius 1 is 1.44 bits per heavy atom. The number of hydrogen-bond donors (Lipinski definition) is 1. The lowest BCUT2D eigenvalue weighted by molar-refractivity contribution is -0.140. The average molecular weight is 272 g/mol. The van der Waals surface area contributed by atoms with Crippen LogP contribution in [0.4, 0.5) is 5.82 Å². The van der Waals surface area contributed by atoms with Gasteiger partial charge in [0.1, 0.15) is 5.82 Å². The zero-order chi connectivity index (χ0) is 13.6. The number of pyridine rings is 1. The van der Waals surface area contributed by atoms with Gasteiger partial charge in [0.05, 0.1) is 12.9 Å². The number of rotatable bonds is 6. The lowest BCUT2D eigenvalue weighted by atomic mass is 10.3. The Hall–Kier alpha value is -1.63. The van der Waals surface area contributed by atoms with Gasteiger partial charge in [-0.3, -0.25) is 9.52 Å². The summed E-state index contributed by atoms with van der Waals surface area (Å²) in [5, 5.41) is 0. The summed E-state index contributed by atoms with van der Waals surface area (Å²) >= 11 is 0. The number of esters is 1. The topological polar surface area (TPSA) is 85.4 Å². The van der Waals surface area contributed by atoms with Gasteiger partial charge in [-0.1, -0.05) is 6.07 Å². The van der Waals surface area contributed by atoms with E-state index in [2.05, 4.69) is 14.4 Å². The van der Waals surface area contributed by atoms with E-state index in [0.717, 1.165) is 5.56 Å². The monoisotopic (exact) mass is 272 g/mol. The van der Waals surface area contributed by atoms with Crippen molar-refractivity contribution in [1.29, 1.82) is 0 Å². The molecular weight excluding hydrogens is 256 g/mol. The number of nitrogens with one attached hydrogen (secondary N) is 1. The third kappa shape index (κ3) is 5.13. The first-order chi connectivity index (χ1) is 8.43. The summed E-state index contributed by atoms with van der Waals surface area (Å²) in [6, 6.07) is 3.35. The van der Waals surface area contributed by atoms with E-state index in [9.17, 15) is 13.2 Å². The predicted molar refractivity (Wildman–Crippen MR) is 67.6 cm³/mol. The molecule has 0 aromatic carbocycles. The molecule has 0 fully saturated rings. The van der Waals surface area contributed by atoms with Crippen molar-refractivity contribution in [2.24, 2.45) is 0 Å². The van der Waals surface area contributed by atoms with Crippen molar-refractivity contribution in [1.82, 2.24) is 4.98 Å². The molecule has 0 saturated heterocycles. The van der Waals surface area contributed by atoms with Crippen LogP contribution in [0.5, 0.6) is 0 Å². The highest BCUT2D eigenvalue weighted by atomic mass is 32.2. The minimum atomic E-state index is -3.47. The van der Waals surface area contributed by atoms with Gasteiger partial charge in [-0.25, -0.2) is 13.4 Å². The highest BCUT2D eigenvalue weighted by molar-refractivity contribution is 7.92. The minimum absolute atomic E-state index is 0.0821. The fraction of sp³-hybridized carbons (Fsp3) is 0.455. The van der Waals surface area contributed by atoms with Crippen LogP contribution in [0.15, 0.2) is 18.3 Å². The van der Waals surface area contributed by atoms with Crippen molar-refractivity contribution in [3.05, 3.63) is 23.9 Å². The molecule has 0 spiro atoms. The van der Waals surface area contributed by atoms with Crippen LogP contribution in [0.25, 0.3) is 0 Å². The molecule has 0 aliphatic heterocycles. The standard InChI is InChI=1S/C11H16N2O4S/c1-9-5-6-10(12-8-9)13-18(15,16)7-3-4-11(14)17-2/h5-6,8H,3-4,7H2,1-2H3,(H,12,13). The van der Waals surface area contributed by atoms with E-state index in [4.69, 9.17) is 0 Å². The average Bonchev–Trinajstić information content (AvgIpc) is 2.31. The number of carbonyl (C=O) groups excluding carboxylic acids is 1. The summed E-state index contributed by atoms with van der Waals surface area (Å²) in [5.41, 5.74) is 0.948. The maximum atomic E-state index is 11.7. The van der Waals surface area contributed by atoms with Crippen LogP contribution in [-0.2, 0) is 19.6 Å². The summed E-state index contributed by atoms with van der Waals surface area (Å²) in [5.74, 6) is -0.283. The second-order valence-corrected chi connectivity index (χ2v) is 5.66. The molecule has 7 heteroatoms. The minimum Gasteiger partial charge on any atom is -0.469 e. The van der Waals surface area contributed by atoms with Gasteiger partial charge in [0.15, 0.2) is 0 Å². The molecule has 0 aliphatic rings. The Balaban J connectivity index is 2.49. The van der Waals surface area contributed by atoms with Crippen molar-refractivity contribution in [2.45, 2.75) is 19.8 Å². The Kier molecular flexibility index (Phi) is 5.08. The van der Waals surface area contributed by atoms with E-state index >= 15 is 0 Å². The smallest absolute Gasteiger partial charge is 0.305 e. The fourth-order valence-corrected chi connectivity index (χ4v) is 2.31. The van der Waals surface area contributed by atoms with Crippen molar-refractivity contribution in [2.75, 3.05) is 17.6 Å². The zero-order valence-corrected chi connectivity index (χ0v) is 11.2. The van der Waals surface area contributed by atoms with Gasteiger partial charge < -0.3 is 4.74 Å². The van der Waals surface area contributed by atoms with Gasteiger partial charge in [-0.15, -0.1) is 0 Å². The Labute approximate surface area is 106 Å². The second-order valence-electron chi connectivity index (χ2n) is 3.82. The molecule has 100 valence electrons. The molecular formula is C11H16N2O4S. The van der Waals surface area contributed by atoms with Gasteiger partial charge in [-0.2, -0.15) is 0 Å². The number of carbonyl (C=O) groups is 1. The van der Waals surface area contributed by atoms with E-state index < -0.39 is 16.0 Å². The number of hydrogen-bond acceptors (Lipinski definition) is 5.